The van der Waals surface area contributed by atoms with Crippen molar-refractivity contribution >= 4 is 11.3 Å². The van der Waals surface area contributed by atoms with Gasteiger partial charge in [0.05, 0.1) is 18.8 Å². The standard InChI is InChI=1S/C14H24N2OS/c1-4-15-14(13-6-5-9-18-13)12-10-16(11(2)3)7-8-17-12/h5-6,9,11-12,14-15H,4,7-8,10H2,1-3H3. The fraction of sp³-hybridized carbons (Fsp3) is 0.714. The fourth-order valence-electron chi connectivity index (χ4n) is 2.47. The number of likely N-dealkylation sites (N-methyl/N-ethyl adjacent to an activating group) is 1. The summed E-state index contributed by atoms with van der Waals surface area (Å²) in [6.07, 6.45) is 0.264. The first-order chi connectivity index (χ1) is 8.72. The van der Waals surface area contributed by atoms with Crippen LogP contribution in [0.25, 0.3) is 0 Å². The number of morpholine rings is 1. The van der Waals surface area contributed by atoms with Gasteiger partial charge in [0, 0.05) is 24.0 Å². The molecule has 1 N–H and O–H groups in total. The molecule has 2 heterocycles. The van der Waals surface area contributed by atoms with Gasteiger partial charge in [-0.25, -0.2) is 0 Å². The minimum absolute atomic E-state index is 0.264. The highest BCUT2D eigenvalue weighted by atomic mass is 32.1. The minimum atomic E-state index is 0.264. The van der Waals surface area contributed by atoms with Gasteiger partial charge in [0.25, 0.3) is 0 Å². The summed E-state index contributed by atoms with van der Waals surface area (Å²) in [5.74, 6) is 0. The maximum atomic E-state index is 6.00. The van der Waals surface area contributed by atoms with Crippen LogP contribution in [0.15, 0.2) is 17.5 Å². The van der Waals surface area contributed by atoms with Crippen molar-refractivity contribution in [3.05, 3.63) is 22.4 Å². The Morgan fingerprint density at radius 2 is 2.39 bits per heavy atom. The van der Waals surface area contributed by atoms with E-state index in [2.05, 4.69) is 48.5 Å². The minimum Gasteiger partial charge on any atom is -0.374 e. The molecule has 2 atom stereocenters. The molecule has 18 heavy (non-hydrogen) atoms. The summed E-state index contributed by atoms with van der Waals surface area (Å²) in [5, 5.41) is 5.71. The van der Waals surface area contributed by atoms with Crippen LogP contribution < -0.4 is 5.32 Å². The maximum Gasteiger partial charge on any atom is 0.0905 e. The van der Waals surface area contributed by atoms with Gasteiger partial charge in [-0.3, -0.25) is 4.90 Å². The second-order valence-corrected chi connectivity index (χ2v) is 6.03. The van der Waals surface area contributed by atoms with E-state index in [9.17, 15) is 0 Å². The number of hydrogen-bond acceptors (Lipinski definition) is 4. The maximum absolute atomic E-state index is 6.00. The normalized spacial score (nSPS) is 23.4. The molecule has 0 saturated carbocycles. The first kappa shape index (κ1) is 14.0. The molecule has 1 fully saturated rings. The first-order valence-corrected chi connectivity index (χ1v) is 7.72. The summed E-state index contributed by atoms with van der Waals surface area (Å²) in [6, 6.07) is 5.25. The van der Waals surface area contributed by atoms with Gasteiger partial charge in [-0.05, 0) is 31.8 Å². The van der Waals surface area contributed by atoms with Crippen LogP contribution in [0.5, 0.6) is 0 Å². The Morgan fingerprint density at radius 1 is 1.56 bits per heavy atom. The van der Waals surface area contributed by atoms with Gasteiger partial charge in [-0.2, -0.15) is 0 Å². The predicted molar refractivity (Wildman–Crippen MR) is 77.2 cm³/mol. The first-order valence-electron chi connectivity index (χ1n) is 6.84. The number of hydrogen-bond donors (Lipinski definition) is 1. The summed E-state index contributed by atoms with van der Waals surface area (Å²) in [6.45, 7) is 10.6. The molecule has 1 saturated heterocycles. The average molecular weight is 268 g/mol. The Kier molecular flexibility index (Phi) is 5.18. The van der Waals surface area contributed by atoms with Gasteiger partial charge in [0.2, 0.25) is 0 Å². The number of nitrogens with zero attached hydrogens (tertiary/aromatic N) is 1. The molecule has 3 nitrogen and oxygen atoms in total. The molecular formula is C14H24N2OS. The third kappa shape index (κ3) is 3.32. The predicted octanol–water partition coefficient (Wildman–Crippen LogP) is 2.51. The van der Waals surface area contributed by atoms with Crippen molar-refractivity contribution in [3.63, 3.8) is 0 Å². The van der Waals surface area contributed by atoms with Crippen LogP contribution in [-0.2, 0) is 4.74 Å². The molecule has 0 spiro atoms. The van der Waals surface area contributed by atoms with Gasteiger partial charge in [0.15, 0.2) is 0 Å². The Labute approximate surface area is 114 Å². The molecule has 0 amide bonds. The van der Waals surface area contributed by atoms with E-state index in [0.29, 0.717) is 12.1 Å². The van der Waals surface area contributed by atoms with E-state index in [1.54, 1.807) is 0 Å². The number of ether oxygens (including phenoxy) is 1. The van der Waals surface area contributed by atoms with Crippen molar-refractivity contribution in [1.82, 2.24) is 10.2 Å². The lowest BCUT2D eigenvalue weighted by molar-refractivity contribution is -0.0553. The fourth-order valence-corrected chi connectivity index (χ4v) is 3.32. The lowest BCUT2D eigenvalue weighted by Crippen LogP contribution is -2.50. The van der Waals surface area contributed by atoms with Gasteiger partial charge in [0.1, 0.15) is 0 Å². The zero-order valence-electron chi connectivity index (χ0n) is 11.6. The van der Waals surface area contributed by atoms with Crippen molar-refractivity contribution in [2.45, 2.75) is 39.0 Å². The molecule has 102 valence electrons. The van der Waals surface area contributed by atoms with E-state index in [0.717, 1.165) is 26.2 Å². The molecule has 1 aliphatic rings. The van der Waals surface area contributed by atoms with Gasteiger partial charge >= 0.3 is 0 Å². The summed E-state index contributed by atoms with van der Waals surface area (Å²) < 4.78 is 6.00. The lowest BCUT2D eigenvalue weighted by atomic mass is 10.1. The highest BCUT2D eigenvalue weighted by Crippen LogP contribution is 2.26. The molecule has 2 unspecified atom stereocenters. The summed E-state index contributed by atoms with van der Waals surface area (Å²) >= 11 is 1.81. The smallest absolute Gasteiger partial charge is 0.0905 e. The molecule has 0 aliphatic carbocycles. The zero-order valence-corrected chi connectivity index (χ0v) is 12.4. The van der Waals surface area contributed by atoms with Crippen LogP contribution >= 0.6 is 11.3 Å². The van der Waals surface area contributed by atoms with Crippen molar-refractivity contribution in [3.8, 4) is 0 Å². The number of rotatable bonds is 5. The molecule has 2 rings (SSSR count). The van der Waals surface area contributed by atoms with E-state index in [-0.39, 0.29) is 6.10 Å². The van der Waals surface area contributed by atoms with E-state index in [1.807, 2.05) is 11.3 Å². The number of nitrogens with one attached hydrogen (secondary N) is 1. The second kappa shape index (κ2) is 6.66. The molecule has 0 aromatic carbocycles. The Morgan fingerprint density at radius 3 is 3.00 bits per heavy atom. The topological polar surface area (TPSA) is 24.5 Å². The van der Waals surface area contributed by atoms with Crippen molar-refractivity contribution in [2.24, 2.45) is 0 Å². The van der Waals surface area contributed by atoms with Crippen LogP contribution in [0.1, 0.15) is 31.7 Å². The summed E-state index contributed by atoms with van der Waals surface area (Å²) in [7, 11) is 0. The monoisotopic (exact) mass is 268 g/mol. The molecule has 0 bridgehead atoms. The number of thiophene rings is 1. The average Bonchev–Trinajstić information content (AvgIpc) is 2.89. The van der Waals surface area contributed by atoms with Crippen molar-refractivity contribution < 1.29 is 4.74 Å². The zero-order chi connectivity index (χ0) is 13.0. The SMILES string of the molecule is CCNC(c1cccs1)C1CN(C(C)C)CCO1. The van der Waals surface area contributed by atoms with Crippen LogP contribution in [0, 0.1) is 0 Å². The third-order valence-corrected chi connectivity index (χ3v) is 4.46. The molecule has 1 aromatic heterocycles. The molecule has 1 aromatic rings. The lowest BCUT2D eigenvalue weighted by Gasteiger charge is -2.39. The Balaban J connectivity index is 2.06. The van der Waals surface area contributed by atoms with Crippen LogP contribution in [0.2, 0.25) is 0 Å². The van der Waals surface area contributed by atoms with Crippen molar-refractivity contribution in [1.29, 1.82) is 0 Å². The van der Waals surface area contributed by atoms with Gasteiger partial charge < -0.3 is 10.1 Å². The van der Waals surface area contributed by atoms with E-state index >= 15 is 0 Å². The molecule has 4 heteroatoms. The van der Waals surface area contributed by atoms with Gasteiger partial charge in [-0.15, -0.1) is 11.3 Å². The molecule has 0 radical (unpaired) electrons. The largest absolute Gasteiger partial charge is 0.374 e. The van der Waals surface area contributed by atoms with E-state index in [1.165, 1.54) is 4.88 Å². The Bertz CT molecular complexity index is 340. The summed E-state index contributed by atoms with van der Waals surface area (Å²) in [4.78, 5) is 3.89. The summed E-state index contributed by atoms with van der Waals surface area (Å²) in [5.41, 5.74) is 0. The van der Waals surface area contributed by atoms with Crippen LogP contribution in [0.4, 0.5) is 0 Å². The van der Waals surface area contributed by atoms with Crippen molar-refractivity contribution in [2.75, 3.05) is 26.2 Å². The van der Waals surface area contributed by atoms with Crippen LogP contribution in [-0.4, -0.2) is 43.3 Å². The van der Waals surface area contributed by atoms with E-state index < -0.39 is 0 Å². The molecular weight excluding hydrogens is 244 g/mol. The highest BCUT2D eigenvalue weighted by Gasteiger charge is 2.30. The Hall–Kier alpha value is -0.420. The van der Waals surface area contributed by atoms with Crippen LogP contribution in [0.3, 0.4) is 0 Å². The highest BCUT2D eigenvalue weighted by molar-refractivity contribution is 7.10. The molecule has 1 aliphatic heterocycles. The third-order valence-electron chi connectivity index (χ3n) is 3.50. The second-order valence-electron chi connectivity index (χ2n) is 5.05. The van der Waals surface area contributed by atoms with Gasteiger partial charge in [-0.1, -0.05) is 13.0 Å². The van der Waals surface area contributed by atoms with E-state index in [4.69, 9.17) is 4.74 Å². The quantitative estimate of drug-likeness (QED) is 0.888.